The second kappa shape index (κ2) is 4.41. The molecule has 0 aliphatic rings. The van der Waals surface area contributed by atoms with E-state index in [2.05, 4.69) is 21.1 Å². The summed E-state index contributed by atoms with van der Waals surface area (Å²) >= 11 is 3.49. The van der Waals surface area contributed by atoms with E-state index in [-0.39, 0.29) is 0 Å². The number of benzene rings is 1. The fourth-order valence-corrected chi connectivity index (χ4v) is 2.51. The van der Waals surface area contributed by atoms with E-state index < -0.39 is 0 Å². The van der Waals surface area contributed by atoms with E-state index in [0.29, 0.717) is 5.88 Å². The highest BCUT2D eigenvalue weighted by atomic mass is 79.9. The Kier molecular flexibility index (Phi) is 3.11. The molecule has 0 atom stereocenters. The van der Waals surface area contributed by atoms with Gasteiger partial charge in [-0.25, -0.2) is 0 Å². The van der Waals surface area contributed by atoms with E-state index in [9.17, 15) is 0 Å². The molecule has 2 aromatic rings. The number of aromatic nitrogens is 1. The number of methoxy groups -OCH3 is 1. The molecule has 4 nitrogen and oxygen atoms in total. The molecular weight excluding hydrogens is 284 g/mol. The van der Waals surface area contributed by atoms with E-state index in [4.69, 9.17) is 15.0 Å². The van der Waals surface area contributed by atoms with Gasteiger partial charge in [-0.15, -0.1) is 0 Å². The number of anilines is 1. The molecular formula is C12H13BrN2O2. The lowest BCUT2D eigenvalue weighted by Gasteiger charge is -2.14. The van der Waals surface area contributed by atoms with Crippen LogP contribution in [0.1, 0.15) is 11.1 Å². The van der Waals surface area contributed by atoms with Crippen molar-refractivity contribution in [1.29, 1.82) is 0 Å². The van der Waals surface area contributed by atoms with E-state index in [1.54, 1.807) is 13.3 Å². The molecule has 1 aromatic carbocycles. The zero-order valence-electron chi connectivity index (χ0n) is 9.87. The first-order valence-electron chi connectivity index (χ1n) is 5.10. The first kappa shape index (κ1) is 12.0. The highest BCUT2D eigenvalue weighted by molar-refractivity contribution is 9.10. The van der Waals surface area contributed by atoms with Gasteiger partial charge in [0, 0.05) is 5.56 Å². The predicted octanol–water partition coefficient (Wildman–Crippen LogP) is 3.31. The van der Waals surface area contributed by atoms with Gasteiger partial charge in [0.05, 0.1) is 23.3 Å². The molecule has 0 spiro atoms. The van der Waals surface area contributed by atoms with Crippen molar-refractivity contribution in [2.75, 3.05) is 12.8 Å². The summed E-state index contributed by atoms with van der Waals surface area (Å²) in [7, 11) is 1.63. The molecule has 2 rings (SSSR count). The highest BCUT2D eigenvalue weighted by Crippen LogP contribution is 2.42. The summed E-state index contributed by atoms with van der Waals surface area (Å²) < 4.78 is 11.2. The van der Waals surface area contributed by atoms with Gasteiger partial charge in [0.15, 0.2) is 0 Å². The van der Waals surface area contributed by atoms with Crippen LogP contribution in [0.15, 0.2) is 21.3 Å². The van der Waals surface area contributed by atoms with E-state index in [0.717, 1.165) is 32.5 Å². The van der Waals surface area contributed by atoms with Crippen molar-refractivity contribution in [2.24, 2.45) is 0 Å². The Balaban J connectivity index is 2.80. The van der Waals surface area contributed by atoms with Crippen molar-refractivity contribution < 1.29 is 9.26 Å². The van der Waals surface area contributed by atoms with Crippen molar-refractivity contribution in [2.45, 2.75) is 13.8 Å². The number of nitrogens with two attached hydrogens (primary N) is 1. The second-order valence-corrected chi connectivity index (χ2v) is 4.67. The van der Waals surface area contributed by atoms with Crippen LogP contribution in [0.3, 0.4) is 0 Å². The third-order valence-electron chi connectivity index (χ3n) is 2.83. The molecule has 0 fully saturated rings. The monoisotopic (exact) mass is 296 g/mol. The van der Waals surface area contributed by atoms with Gasteiger partial charge in [-0.3, -0.25) is 0 Å². The van der Waals surface area contributed by atoms with Crippen LogP contribution < -0.4 is 10.5 Å². The zero-order valence-corrected chi connectivity index (χ0v) is 11.5. The van der Waals surface area contributed by atoms with Gasteiger partial charge in [-0.1, -0.05) is 5.16 Å². The Morgan fingerprint density at radius 1 is 1.41 bits per heavy atom. The number of ether oxygens (including phenoxy) is 1. The first-order valence-corrected chi connectivity index (χ1v) is 5.89. The number of hydrogen-bond acceptors (Lipinski definition) is 4. The maximum absolute atomic E-state index is 5.77. The van der Waals surface area contributed by atoms with Crippen LogP contribution in [-0.4, -0.2) is 12.3 Å². The Hall–Kier alpha value is -1.49. The molecule has 0 bridgehead atoms. The summed E-state index contributed by atoms with van der Waals surface area (Å²) in [5.74, 6) is 1.03. The van der Waals surface area contributed by atoms with E-state index in [1.807, 2.05) is 19.9 Å². The summed E-state index contributed by atoms with van der Waals surface area (Å²) in [6, 6.07) is 2.02. The smallest absolute Gasteiger partial charge is 0.230 e. The van der Waals surface area contributed by atoms with E-state index >= 15 is 0 Å². The molecule has 0 aliphatic carbocycles. The number of nitrogen functional groups attached to an aromatic ring is 1. The van der Waals surface area contributed by atoms with Gasteiger partial charge in [-0.05, 0) is 47.0 Å². The van der Waals surface area contributed by atoms with Crippen LogP contribution in [-0.2, 0) is 0 Å². The summed E-state index contributed by atoms with van der Waals surface area (Å²) in [6.07, 6.45) is 1.60. The summed E-state index contributed by atoms with van der Waals surface area (Å²) in [4.78, 5) is 0. The van der Waals surface area contributed by atoms with Gasteiger partial charge in [-0.2, -0.15) is 0 Å². The predicted molar refractivity (Wildman–Crippen MR) is 70.1 cm³/mol. The van der Waals surface area contributed by atoms with Gasteiger partial charge < -0.3 is 15.0 Å². The Bertz CT molecular complexity index is 564. The van der Waals surface area contributed by atoms with Crippen LogP contribution in [0.25, 0.3) is 11.1 Å². The molecule has 2 N–H and O–H groups in total. The molecule has 0 aliphatic heterocycles. The number of halogens is 1. The molecule has 0 unspecified atom stereocenters. The molecule has 0 radical (unpaired) electrons. The van der Waals surface area contributed by atoms with Gasteiger partial charge in [0.25, 0.3) is 0 Å². The Morgan fingerprint density at radius 2 is 2.12 bits per heavy atom. The number of nitrogens with zero attached hydrogens (tertiary/aromatic N) is 1. The highest BCUT2D eigenvalue weighted by Gasteiger charge is 2.19. The largest absolute Gasteiger partial charge is 0.495 e. The van der Waals surface area contributed by atoms with Crippen molar-refractivity contribution in [3.05, 3.63) is 27.9 Å². The standard InChI is InChI=1S/C12H13BrN2O2/c1-6-4-9(13)11(16-3)10(7(6)2)8-5-15-17-12(8)14/h4-5H,14H2,1-3H3. The number of hydrogen-bond donors (Lipinski definition) is 1. The summed E-state index contributed by atoms with van der Waals surface area (Å²) in [5.41, 5.74) is 9.68. The molecule has 0 amide bonds. The van der Waals surface area contributed by atoms with Crippen molar-refractivity contribution >= 4 is 21.8 Å². The molecule has 5 heteroatoms. The van der Waals surface area contributed by atoms with Gasteiger partial charge in [0.2, 0.25) is 5.88 Å². The fourth-order valence-electron chi connectivity index (χ4n) is 1.81. The van der Waals surface area contributed by atoms with E-state index in [1.165, 1.54) is 0 Å². The maximum atomic E-state index is 5.77. The minimum absolute atomic E-state index is 0.295. The van der Waals surface area contributed by atoms with Crippen LogP contribution >= 0.6 is 15.9 Å². The Morgan fingerprint density at radius 3 is 2.65 bits per heavy atom. The SMILES string of the molecule is COc1c(Br)cc(C)c(C)c1-c1cnoc1N. The Labute approximate surface area is 108 Å². The second-order valence-electron chi connectivity index (χ2n) is 3.81. The van der Waals surface area contributed by atoms with Crippen LogP contribution in [0.4, 0.5) is 5.88 Å². The average Bonchev–Trinajstić information content (AvgIpc) is 2.69. The lowest BCUT2D eigenvalue weighted by molar-refractivity contribution is 0.413. The van der Waals surface area contributed by atoms with Gasteiger partial charge >= 0.3 is 0 Å². The third kappa shape index (κ3) is 1.91. The third-order valence-corrected chi connectivity index (χ3v) is 3.41. The van der Waals surface area contributed by atoms with Crippen molar-refractivity contribution in [3.63, 3.8) is 0 Å². The first-order chi connectivity index (χ1) is 8.06. The molecule has 0 saturated carbocycles. The van der Waals surface area contributed by atoms with Gasteiger partial charge in [0.1, 0.15) is 5.75 Å². The quantitative estimate of drug-likeness (QED) is 0.923. The van der Waals surface area contributed by atoms with Crippen LogP contribution in [0.5, 0.6) is 5.75 Å². The zero-order chi connectivity index (χ0) is 12.6. The minimum Gasteiger partial charge on any atom is -0.495 e. The lowest BCUT2D eigenvalue weighted by atomic mass is 9.97. The molecule has 17 heavy (non-hydrogen) atoms. The summed E-state index contributed by atoms with van der Waals surface area (Å²) in [6.45, 7) is 4.05. The van der Waals surface area contributed by atoms with Crippen LogP contribution in [0, 0.1) is 13.8 Å². The van der Waals surface area contributed by atoms with Crippen molar-refractivity contribution in [1.82, 2.24) is 5.16 Å². The topological polar surface area (TPSA) is 61.3 Å². The molecule has 0 saturated heterocycles. The number of rotatable bonds is 2. The minimum atomic E-state index is 0.295. The average molecular weight is 297 g/mol. The van der Waals surface area contributed by atoms with Crippen molar-refractivity contribution in [3.8, 4) is 16.9 Å². The van der Waals surface area contributed by atoms with Crippen LogP contribution in [0.2, 0.25) is 0 Å². The maximum Gasteiger partial charge on any atom is 0.230 e. The number of aryl methyl sites for hydroxylation is 1. The molecule has 90 valence electrons. The normalized spacial score (nSPS) is 10.6. The molecule has 1 aromatic heterocycles. The fraction of sp³-hybridized carbons (Fsp3) is 0.250. The lowest BCUT2D eigenvalue weighted by Crippen LogP contribution is -1.96. The molecule has 1 heterocycles. The summed E-state index contributed by atoms with van der Waals surface area (Å²) in [5, 5.41) is 3.70.